The quantitative estimate of drug-likeness (QED) is 0.303. The Hall–Kier alpha value is 0. The molecular formula is C37H68. The molecule has 0 heteroatoms. The average Bonchev–Trinajstić information content (AvgIpc) is 3.22. The van der Waals surface area contributed by atoms with E-state index in [2.05, 4.69) is 83.1 Å². The maximum absolute atomic E-state index is 2.68. The minimum Gasteiger partial charge on any atom is -0.0683 e. The Kier molecular flexibility index (Phi) is 7.29. The van der Waals surface area contributed by atoms with Gasteiger partial charge < -0.3 is 0 Å². The van der Waals surface area contributed by atoms with Crippen LogP contribution in [0.2, 0.25) is 0 Å². The fraction of sp³-hybridized carbons (Fsp3) is 1.00. The molecule has 0 aliphatic heterocycles. The largest absolute Gasteiger partial charge is 0.0683 e. The van der Waals surface area contributed by atoms with Gasteiger partial charge >= 0.3 is 0 Å². The lowest BCUT2D eigenvalue weighted by molar-refractivity contribution is -0.292. The Labute approximate surface area is 234 Å². The van der Waals surface area contributed by atoms with Gasteiger partial charge in [0.25, 0.3) is 0 Å². The predicted molar refractivity (Wildman–Crippen MR) is 164 cm³/mol. The summed E-state index contributed by atoms with van der Waals surface area (Å²) in [5.74, 6) is 5.93. The molecule has 0 aromatic carbocycles. The van der Waals surface area contributed by atoms with E-state index in [1.165, 1.54) is 57.8 Å². The molecule has 0 aromatic heterocycles. The molecule has 6 bridgehead atoms. The summed E-state index contributed by atoms with van der Waals surface area (Å²) in [7, 11) is 0. The Morgan fingerprint density at radius 2 is 1.30 bits per heavy atom. The third kappa shape index (κ3) is 3.70. The summed E-state index contributed by atoms with van der Waals surface area (Å²) in [5, 5.41) is 0. The topological polar surface area (TPSA) is 0 Å². The maximum Gasteiger partial charge on any atom is -0.0138 e. The zero-order valence-corrected chi connectivity index (χ0v) is 28.0. The monoisotopic (exact) mass is 513 g/mol. The smallest absolute Gasteiger partial charge is 0.0138 e. The van der Waals surface area contributed by atoms with E-state index in [0.29, 0.717) is 32.5 Å². The number of fused-ring (bicyclic) bond motifs is 2. The van der Waals surface area contributed by atoms with Crippen LogP contribution in [0.1, 0.15) is 161 Å². The first-order valence-electron chi connectivity index (χ1n) is 16.9. The van der Waals surface area contributed by atoms with Crippen LogP contribution in [-0.2, 0) is 0 Å². The molecule has 7 rings (SSSR count). The highest BCUT2D eigenvalue weighted by Gasteiger charge is 2.73. The van der Waals surface area contributed by atoms with Crippen molar-refractivity contribution in [2.45, 2.75) is 161 Å². The summed E-state index contributed by atoms with van der Waals surface area (Å²) in [6.45, 7) is 34.8. The van der Waals surface area contributed by atoms with Gasteiger partial charge in [0.2, 0.25) is 0 Å². The van der Waals surface area contributed by atoms with Gasteiger partial charge in [-0.15, -0.1) is 0 Å². The molecule has 3 unspecified atom stereocenters. The second kappa shape index (κ2) is 9.00. The molecule has 37 heavy (non-hydrogen) atoms. The van der Waals surface area contributed by atoms with Crippen molar-refractivity contribution in [2.24, 2.45) is 73.4 Å². The number of hydrogen-bond donors (Lipinski definition) is 0. The highest BCUT2D eigenvalue weighted by molar-refractivity contribution is 5.21. The fourth-order valence-corrected chi connectivity index (χ4v) is 14.1. The van der Waals surface area contributed by atoms with E-state index in [4.69, 9.17) is 0 Å². The van der Waals surface area contributed by atoms with Gasteiger partial charge in [-0.1, -0.05) is 96.9 Å². The SMILES string of the molecule is CC.C[C@@H]1CC[C@H]2C(C)(C)[C@H]3C[C@@]12CCC3(C)C.C[C@H]1CCC2(C(C)(C)C)C(C)(C)C3CC[C@@]2(C)C1C3. The van der Waals surface area contributed by atoms with Crippen molar-refractivity contribution in [1.82, 2.24) is 0 Å². The molecule has 0 amide bonds. The van der Waals surface area contributed by atoms with E-state index < -0.39 is 0 Å². The molecule has 216 valence electrons. The van der Waals surface area contributed by atoms with Crippen LogP contribution in [0.25, 0.3) is 0 Å². The van der Waals surface area contributed by atoms with Gasteiger partial charge in [-0.25, -0.2) is 0 Å². The van der Waals surface area contributed by atoms with E-state index in [0.717, 1.165) is 40.9 Å². The summed E-state index contributed by atoms with van der Waals surface area (Å²) in [5.41, 5.74) is 4.04. The maximum atomic E-state index is 2.68. The molecule has 7 aliphatic carbocycles. The molecule has 0 radical (unpaired) electrons. The number of hydrogen-bond acceptors (Lipinski definition) is 0. The van der Waals surface area contributed by atoms with Crippen molar-refractivity contribution in [3.63, 3.8) is 0 Å². The third-order valence-electron chi connectivity index (χ3n) is 15.5. The molecule has 7 saturated carbocycles. The van der Waals surface area contributed by atoms with Crippen molar-refractivity contribution in [3.05, 3.63) is 0 Å². The first-order chi connectivity index (χ1) is 16.9. The van der Waals surface area contributed by atoms with Crippen LogP contribution < -0.4 is 0 Å². The number of rotatable bonds is 0. The van der Waals surface area contributed by atoms with Crippen LogP contribution in [0.15, 0.2) is 0 Å². The van der Waals surface area contributed by atoms with Crippen LogP contribution in [0.4, 0.5) is 0 Å². The molecule has 7 aliphatic rings. The third-order valence-corrected chi connectivity index (χ3v) is 15.5. The van der Waals surface area contributed by atoms with Gasteiger partial charge in [0.1, 0.15) is 0 Å². The van der Waals surface area contributed by atoms with Crippen molar-refractivity contribution in [2.75, 3.05) is 0 Å². The summed E-state index contributed by atoms with van der Waals surface area (Å²) < 4.78 is 0. The molecule has 0 nitrogen and oxygen atoms in total. The minimum atomic E-state index is 0.433. The summed E-state index contributed by atoms with van der Waals surface area (Å²) in [6, 6.07) is 0. The molecule has 7 fully saturated rings. The van der Waals surface area contributed by atoms with E-state index in [1.807, 2.05) is 13.8 Å². The van der Waals surface area contributed by atoms with Gasteiger partial charge in [0.15, 0.2) is 0 Å². The molecule has 9 atom stereocenters. The highest BCUT2D eigenvalue weighted by atomic mass is 14.8. The predicted octanol–water partition coefficient (Wildman–Crippen LogP) is 11.8. The lowest BCUT2D eigenvalue weighted by Gasteiger charge is -2.77. The molecule has 0 heterocycles. The zero-order valence-electron chi connectivity index (χ0n) is 28.0. The minimum absolute atomic E-state index is 0.433. The summed E-state index contributed by atoms with van der Waals surface area (Å²) >= 11 is 0. The fourth-order valence-electron chi connectivity index (χ4n) is 14.1. The molecule has 1 spiro atoms. The van der Waals surface area contributed by atoms with E-state index in [1.54, 1.807) is 6.42 Å². The van der Waals surface area contributed by atoms with Gasteiger partial charge in [0, 0.05) is 0 Å². The lowest BCUT2D eigenvalue weighted by atomic mass is 9.27. The highest BCUT2D eigenvalue weighted by Crippen LogP contribution is 2.80. The Morgan fingerprint density at radius 1 is 0.676 bits per heavy atom. The van der Waals surface area contributed by atoms with Crippen LogP contribution in [0.5, 0.6) is 0 Å². The van der Waals surface area contributed by atoms with Crippen molar-refractivity contribution < 1.29 is 0 Å². The van der Waals surface area contributed by atoms with E-state index >= 15 is 0 Å². The van der Waals surface area contributed by atoms with E-state index in [9.17, 15) is 0 Å². The second-order valence-electron chi connectivity index (χ2n) is 18.2. The van der Waals surface area contributed by atoms with Gasteiger partial charge in [-0.2, -0.15) is 0 Å². The van der Waals surface area contributed by atoms with Gasteiger partial charge in [0.05, 0.1) is 0 Å². The van der Waals surface area contributed by atoms with Crippen LogP contribution in [0.3, 0.4) is 0 Å². The summed E-state index contributed by atoms with van der Waals surface area (Å²) in [6.07, 6.45) is 15.0. The zero-order chi connectivity index (χ0) is 28.0. The van der Waals surface area contributed by atoms with Crippen LogP contribution in [-0.4, -0.2) is 0 Å². The van der Waals surface area contributed by atoms with Gasteiger partial charge in [-0.05, 0) is 138 Å². The Bertz CT molecular complexity index is 833. The first-order valence-corrected chi connectivity index (χ1v) is 16.9. The van der Waals surface area contributed by atoms with Crippen LogP contribution >= 0.6 is 0 Å². The Morgan fingerprint density at radius 3 is 1.89 bits per heavy atom. The van der Waals surface area contributed by atoms with E-state index in [-0.39, 0.29) is 0 Å². The molecule has 0 N–H and O–H groups in total. The van der Waals surface area contributed by atoms with Gasteiger partial charge in [-0.3, -0.25) is 0 Å². The normalized spacial score (nSPS) is 49.8. The average molecular weight is 513 g/mol. The van der Waals surface area contributed by atoms with Crippen molar-refractivity contribution in [1.29, 1.82) is 0 Å². The molecular weight excluding hydrogens is 444 g/mol. The van der Waals surface area contributed by atoms with Crippen molar-refractivity contribution >= 4 is 0 Å². The first kappa shape index (κ1) is 30.0. The molecule has 0 aromatic rings. The lowest BCUT2D eigenvalue weighted by Crippen LogP contribution is -2.71. The molecule has 0 saturated heterocycles. The van der Waals surface area contributed by atoms with Crippen LogP contribution in [0, 0.1) is 73.4 Å². The standard InChI is InChI=1S/C19H34.C16H28.C2H6/c1-13-8-11-19(16(2,3)4)17(5,6)14-9-10-18(19,7)15(13)12-14;1-11-6-7-12-15(4,5)13-10-16(11,12)9-8-14(13,2)3;1-2/h13-15H,8-12H2,1-7H3;11-13H,6-10H2,1-5H3;1-2H3/t13-,14?,15?,18-,19?;11-,12+,13+,16+;/m01./s1. The summed E-state index contributed by atoms with van der Waals surface area (Å²) in [4.78, 5) is 0. The van der Waals surface area contributed by atoms with Crippen molar-refractivity contribution in [3.8, 4) is 0 Å². The Balaban J connectivity index is 0.000000164. The second-order valence-corrected chi connectivity index (χ2v) is 18.2.